The van der Waals surface area contributed by atoms with Crippen molar-refractivity contribution in [2.45, 2.75) is 0 Å². The highest BCUT2D eigenvalue weighted by atomic mass is 16.5. The SMILES string of the molecule is O=Cc1cccc(OCC(=O)c2ccccc2)c1. The van der Waals surface area contributed by atoms with E-state index in [-0.39, 0.29) is 12.4 Å². The summed E-state index contributed by atoms with van der Waals surface area (Å²) >= 11 is 0. The second-order valence-corrected chi connectivity index (χ2v) is 3.77. The van der Waals surface area contributed by atoms with Crippen LogP contribution in [-0.4, -0.2) is 18.7 Å². The van der Waals surface area contributed by atoms with Gasteiger partial charge in [0, 0.05) is 11.1 Å². The maximum atomic E-state index is 11.8. The van der Waals surface area contributed by atoms with Crippen LogP contribution in [0.5, 0.6) is 5.75 Å². The van der Waals surface area contributed by atoms with Gasteiger partial charge in [0.25, 0.3) is 0 Å². The van der Waals surface area contributed by atoms with E-state index >= 15 is 0 Å². The molecule has 0 unspecified atom stereocenters. The zero-order valence-electron chi connectivity index (χ0n) is 9.71. The molecule has 0 atom stereocenters. The molecule has 0 aliphatic carbocycles. The first-order valence-electron chi connectivity index (χ1n) is 5.56. The van der Waals surface area contributed by atoms with Crippen LogP contribution in [0.15, 0.2) is 54.6 Å². The average molecular weight is 240 g/mol. The molecule has 3 heteroatoms. The lowest BCUT2D eigenvalue weighted by atomic mass is 10.1. The number of aldehydes is 1. The van der Waals surface area contributed by atoms with Crippen LogP contribution in [0.2, 0.25) is 0 Å². The fourth-order valence-electron chi connectivity index (χ4n) is 1.53. The molecule has 0 aliphatic rings. The third-order valence-corrected chi connectivity index (χ3v) is 2.46. The number of carbonyl (C=O) groups is 2. The van der Waals surface area contributed by atoms with Crippen LogP contribution < -0.4 is 4.74 Å². The summed E-state index contributed by atoms with van der Waals surface area (Å²) in [7, 11) is 0. The van der Waals surface area contributed by atoms with Crippen molar-refractivity contribution in [3.05, 3.63) is 65.7 Å². The minimum atomic E-state index is -0.0906. The molecule has 0 aliphatic heterocycles. The Morgan fingerprint density at radius 2 is 1.83 bits per heavy atom. The van der Waals surface area contributed by atoms with Crippen molar-refractivity contribution < 1.29 is 14.3 Å². The summed E-state index contributed by atoms with van der Waals surface area (Å²) in [6.45, 7) is -0.0354. The summed E-state index contributed by atoms with van der Waals surface area (Å²) < 4.78 is 5.36. The number of hydrogen-bond acceptors (Lipinski definition) is 3. The molecule has 0 saturated carbocycles. The Hall–Kier alpha value is -2.42. The van der Waals surface area contributed by atoms with Crippen LogP contribution in [-0.2, 0) is 0 Å². The summed E-state index contributed by atoms with van der Waals surface area (Å²) in [5.74, 6) is 0.427. The normalized spacial score (nSPS) is 9.78. The van der Waals surface area contributed by atoms with Crippen molar-refractivity contribution in [1.29, 1.82) is 0 Å². The van der Waals surface area contributed by atoms with Gasteiger partial charge in [0.05, 0.1) is 0 Å². The topological polar surface area (TPSA) is 43.4 Å². The first-order valence-corrected chi connectivity index (χ1v) is 5.56. The maximum absolute atomic E-state index is 11.8. The van der Waals surface area contributed by atoms with E-state index in [9.17, 15) is 9.59 Å². The van der Waals surface area contributed by atoms with Crippen LogP contribution >= 0.6 is 0 Å². The van der Waals surface area contributed by atoms with Crippen molar-refractivity contribution in [3.63, 3.8) is 0 Å². The molecule has 90 valence electrons. The molecule has 18 heavy (non-hydrogen) atoms. The number of carbonyl (C=O) groups excluding carboxylic acids is 2. The first kappa shape index (κ1) is 12.0. The predicted molar refractivity (Wildman–Crippen MR) is 68.1 cm³/mol. The molecule has 0 heterocycles. The molecular formula is C15H12O3. The molecule has 2 aromatic carbocycles. The van der Waals surface area contributed by atoms with Crippen molar-refractivity contribution in [3.8, 4) is 5.75 Å². The smallest absolute Gasteiger partial charge is 0.200 e. The van der Waals surface area contributed by atoms with Gasteiger partial charge in [0.2, 0.25) is 0 Å². The van der Waals surface area contributed by atoms with Crippen LogP contribution in [0.25, 0.3) is 0 Å². The van der Waals surface area contributed by atoms with E-state index in [1.165, 1.54) is 0 Å². The molecule has 0 N–H and O–H groups in total. The van der Waals surface area contributed by atoms with Gasteiger partial charge in [-0.05, 0) is 12.1 Å². The first-order chi connectivity index (χ1) is 8.79. The third-order valence-electron chi connectivity index (χ3n) is 2.46. The highest BCUT2D eigenvalue weighted by Crippen LogP contribution is 2.12. The zero-order valence-corrected chi connectivity index (χ0v) is 9.71. The van der Waals surface area contributed by atoms with Crippen molar-refractivity contribution >= 4 is 12.1 Å². The molecule has 0 saturated heterocycles. The quantitative estimate of drug-likeness (QED) is 0.596. The van der Waals surface area contributed by atoms with Gasteiger partial charge in [-0.15, -0.1) is 0 Å². The Balaban J connectivity index is 1.99. The maximum Gasteiger partial charge on any atom is 0.200 e. The van der Waals surface area contributed by atoms with E-state index in [2.05, 4.69) is 0 Å². The van der Waals surface area contributed by atoms with Crippen molar-refractivity contribution in [1.82, 2.24) is 0 Å². The van der Waals surface area contributed by atoms with E-state index in [1.54, 1.807) is 48.5 Å². The molecule has 0 spiro atoms. The molecule has 0 radical (unpaired) electrons. The van der Waals surface area contributed by atoms with Gasteiger partial charge in [-0.2, -0.15) is 0 Å². The number of rotatable bonds is 5. The minimum Gasteiger partial charge on any atom is -0.485 e. The van der Waals surface area contributed by atoms with E-state index in [0.717, 1.165) is 6.29 Å². The van der Waals surface area contributed by atoms with Gasteiger partial charge in [0.15, 0.2) is 12.4 Å². The Bertz CT molecular complexity index is 547. The van der Waals surface area contributed by atoms with Gasteiger partial charge in [-0.25, -0.2) is 0 Å². The highest BCUT2D eigenvalue weighted by Gasteiger charge is 2.06. The molecule has 3 nitrogen and oxygen atoms in total. The molecular weight excluding hydrogens is 228 g/mol. The fraction of sp³-hybridized carbons (Fsp3) is 0.0667. The van der Waals surface area contributed by atoms with Gasteiger partial charge >= 0.3 is 0 Å². The van der Waals surface area contributed by atoms with Crippen LogP contribution in [0, 0.1) is 0 Å². The molecule has 0 bridgehead atoms. The Labute approximate surface area is 105 Å². The lowest BCUT2D eigenvalue weighted by Crippen LogP contribution is -2.11. The number of hydrogen-bond donors (Lipinski definition) is 0. The van der Waals surface area contributed by atoms with E-state index < -0.39 is 0 Å². The number of ketones is 1. The van der Waals surface area contributed by atoms with Gasteiger partial charge < -0.3 is 4.74 Å². The van der Waals surface area contributed by atoms with E-state index in [1.807, 2.05) is 6.07 Å². The predicted octanol–water partition coefficient (Wildman–Crippen LogP) is 2.76. The molecule has 2 aromatic rings. The standard InChI is InChI=1S/C15H12O3/c16-10-12-5-4-8-14(9-12)18-11-15(17)13-6-2-1-3-7-13/h1-10H,11H2. The highest BCUT2D eigenvalue weighted by molar-refractivity contribution is 5.97. The second kappa shape index (κ2) is 5.77. The minimum absolute atomic E-state index is 0.0354. The molecule has 0 aromatic heterocycles. The van der Waals surface area contributed by atoms with Crippen LogP contribution in [0.1, 0.15) is 20.7 Å². The lowest BCUT2D eigenvalue weighted by molar-refractivity contribution is 0.0921. The van der Waals surface area contributed by atoms with Crippen LogP contribution in [0.3, 0.4) is 0 Å². The largest absolute Gasteiger partial charge is 0.485 e. The number of ether oxygens (including phenoxy) is 1. The molecule has 0 fully saturated rings. The zero-order chi connectivity index (χ0) is 12.8. The van der Waals surface area contributed by atoms with Crippen molar-refractivity contribution in [2.75, 3.05) is 6.61 Å². The monoisotopic (exact) mass is 240 g/mol. The Morgan fingerprint density at radius 3 is 2.56 bits per heavy atom. The number of Topliss-reactive ketones (excluding diaryl/α,β-unsaturated/α-hetero) is 1. The Kier molecular flexibility index (Phi) is 3.86. The summed E-state index contributed by atoms with van der Waals surface area (Å²) in [6, 6.07) is 15.7. The fourth-order valence-corrected chi connectivity index (χ4v) is 1.53. The second-order valence-electron chi connectivity index (χ2n) is 3.77. The van der Waals surface area contributed by atoms with E-state index in [4.69, 9.17) is 4.74 Å². The van der Waals surface area contributed by atoms with Gasteiger partial charge in [-0.1, -0.05) is 42.5 Å². The summed E-state index contributed by atoms with van der Waals surface area (Å²) in [5.41, 5.74) is 1.14. The average Bonchev–Trinajstić information content (AvgIpc) is 2.46. The Morgan fingerprint density at radius 1 is 1.06 bits per heavy atom. The van der Waals surface area contributed by atoms with E-state index in [0.29, 0.717) is 16.9 Å². The summed E-state index contributed by atoms with van der Waals surface area (Å²) in [4.78, 5) is 22.4. The summed E-state index contributed by atoms with van der Waals surface area (Å²) in [5, 5.41) is 0. The van der Waals surface area contributed by atoms with Gasteiger partial charge in [0.1, 0.15) is 12.0 Å². The van der Waals surface area contributed by atoms with Gasteiger partial charge in [-0.3, -0.25) is 9.59 Å². The van der Waals surface area contributed by atoms with Crippen molar-refractivity contribution in [2.24, 2.45) is 0 Å². The molecule has 0 amide bonds. The lowest BCUT2D eigenvalue weighted by Gasteiger charge is -2.05. The van der Waals surface area contributed by atoms with Crippen LogP contribution in [0.4, 0.5) is 0 Å². The summed E-state index contributed by atoms with van der Waals surface area (Å²) in [6.07, 6.45) is 0.742. The third kappa shape index (κ3) is 3.04. The molecule has 2 rings (SSSR count). The number of benzene rings is 2.